The Kier molecular flexibility index (Phi) is 5.50. The van der Waals surface area contributed by atoms with Crippen molar-refractivity contribution in [1.82, 2.24) is 19.6 Å². The number of hydrogen-bond donors (Lipinski definition) is 1. The van der Waals surface area contributed by atoms with E-state index in [-0.39, 0.29) is 17.9 Å². The Morgan fingerprint density at radius 1 is 1.12 bits per heavy atom. The largest absolute Gasteiger partial charge is 0.349 e. The van der Waals surface area contributed by atoms with Gasteiger partial charge in [-0.1, -0.05) is 47.7 Å². The molecule has 3 heterocycles. The second kappa shape index (κ2) is 8.48. The van der Waals surface area contributed by atoms with E-state index < -0.39 is 0 Å². The van der Waals surface area contributed by atoms with E-state index in [0.29, 0.717) is 23.5 Å². The van der Waals surface area contributed by atoms with Crippen LogP contribution in [0.15, 0.2) is 54.9 Å². The Balaban J connectivity index is 1.30. The lowest BCUT2D eigenvalue weighted by molar-refractivity contribution is 0.0456. The standard InChI is InChI=1S/C26H26N4O2S/c1-16-8-9-19(14-17(16)2)21-6-4-5-7-22(21)25(32)30-12-10-20(30)15-28-24(31)23-18(3)29-13-11-27-26(29)33-23/h4-9,11,13-14,20H,10,12,15H2,1-3H3,(H,28,31)/t20-/m0/s1. The van der Waals surface area contributed by atoms with Crippen molar-refractivity contribution in [1.29, 1.82) is 0 Å². The van der Waals surface area contributed by atoms with Gasteiger partial charge in [-0.3, -0.25) is 14.0 Å². The molecule has 2 aromatic heterocycles. The lowest BCUT2D eigenvalue weighted by atomic mass is 9.94. The molecule has 4 aromatic rings. The number of fused-ring (bicyclic) bond motifs is 1. The highest BCUT2D eigenvalue weighted by Gasteiger charge is 2.34. The van der Waals surface area contributed by atoms with Crippen LogP contribution in [0.25, 0.3) is 16.1 Å². The number of nitrogens with zero attached hydrogens (tertiary/aromatic N) is 3. The van der Waals surface area contributed by atoms with E-state index >= 15 is 0 Å². The summed E-state index contributed by atoms with van der Waals surface area (Å²) in [5, 5.41) is 3.03. The fraction of sp³-hybridized carbons (Fsp3) is 0.269. The van der Waals surface area contributed by atoms with E-state index in [1.807, 2.05) is 46.7 Å². The third-order valence-corrected chi connectivity index (χ3v) is 7.74. The van der Waals surface area contributed by atoms with Crippen LogP contribution in [0.3, 0.4) is 0 Å². The topological polar surface area (TPSA) is 66.7 Å². The second-order valence-corrected chi connectivity index (χ2v) is 9.57. The summed E-state index contributed by atoms with van der Waals surface area (Å²) in [7, 11) is 0. The van der Waals surface area contributed by atoms with Gasteiger partial charge < -0.3 is 10.2 Å². The number of rotatable bonds is 5. The second-order valence-electron chi connectivity index (χ2n) is 8.59. The van der Waals surface area contributed by atoms with Crippen LogP contribution >= 0.6 is 11.3 Å². The predicted octanol–water partition coefficient (Wildman–Crippen LogP) is 4.63. The Morgan fingerprint density at radius 2 is 1.94 bits per heavy atom. The average molecular weight is 459 g/mol. The highest BCUT2D eigenvalue weighted by atomic mass is 32.1. The minimum atomic E-state index is -0.113. The number of benzene rings is 2. The first-order chi connectivity index (χ1) is 15.9. The number of likely N-dealkylation sites (tertiary alicyclic amines) is 1. The highest BCUT2D eigenvalue weighted by molar-refractivity contribution is 7.19. The molecule has 0 radical (unpaired) electrons. The molecule has 1 fully saturated rings. The monoisotopic (exact) mass is 458 g/mol. The zero-order valence-corrected chi connectivity index (χ0v) is 19.8. The third-order valence-electron chi connectivity index (χ3n) is 6.57. The third kappa shape index (κ3) is 3.82. The summed E-state index contributed by atoms with van der Waals surface area (Å²) in [6, 6.07) is 14.1. The molecular formula is C26H26N4O2S. The van der Waals surface area contributed by atoms with E-state index in [4.69, 9.17) is 0 Å². The molecule has 168 valence electrons. The van der Waals surface area contributed by atoms with Crippen molar-refractivity contribution >= 4 is 28.1 Å². The van der Waals surface area contributed by atoms with Crippen molar-refractivity contribution in [3.63, 3.8) is 0 Å². The molecule has 1 atom stereocenters. The lowest BCUT2D eigenvalue weighted by Crippen LogP contribution is -2.56. The van der Waals surface area contributed by atoms with Crippen LogP contribution in [0, 0.1) is 20.8 Å². The fourth-order valence-corrected chi connectivity index (χ4v) is 5.31. The molecule has 0 spiro atoms. The van der Waals surface area contributed by atoms with Crippen LogP contribution in [0.2, 0.25) is 0 Å². The maximum absolute atomic E-state index is 13.4. The van der Waals surface area contributed by atoms with Crippen LogP contribution in [0.4, 0.5) is 0 Å². The molecule has 1 N–H and O–H groups in total. The van der Waals surface area contributed by atoms with Crippen molar-refractivity contribution in [2.75, 3.05) is 13.1 Å². The molecule has 0 unspecified atom stereocenters. The lowest BCUT2D eigenvalue weighted by Gasteiger charge is -2.41. The van der Waals surface area contributed by atoms with Crippen LogP contribution in [0.1, 0.15) is 43.3 Å². The molecular weight excluding hydrogens is 432 g/mol. The first-order valence-corrected chi connectivity index (χ1v) is 11.9. The smallest absolute Gasteiger partial charge is 0.263 e. The summed E-state index contributed by atoms with van der Waals surface area (Å²) in [6.07, 6.45) is 4.47. The Morgan fingerprint density at radius 3 is 2.67 bits per heavy atom. The van der Waals surface area contributed by atoms with Crippen LogP contribution in [-0.2, 0) is 0 Å². The van der Waals surface area contributed by atoms with Gasteiger partial charge in [0.15, 0.2) is 4.96 Å². The molecule has 2 amide bonds. The van der Waals surface area contributed by atoms with Gasteiger partial charge in [0.2, 0.25) is 0 Å². The molecule has 7 heteroatoms. The van der Waals surface area contributed by atoms with E-state index in [0.717, 1.165) is 28.2 Å². The maximum Gasteiger partial charge on any atom is 0.263 e. The number of amides is 2. The highest BCUT2D eigenvalue weighted by Crippen LogP contribution is 2.29. The fourth-order valence-electron chi connectivity index (χ4n) is 4.30. The molecule has 2 aromatic carbocycles. The van der Waals surface area contributed by atoms with E-state index in [1.165, 1.54) is 22.5 Å². The number of carbonyl (C=O) groups excluding carboxylic acids is 2. The summed E-state index contributed by atoms with van der Waals surface area (Å²) in [5.74, 6) is -0.0991. The van der Waals surface area contributed by atoms with Crippen molar-refractivity contribution in [2.45, 2.75) is 33.2 Å². The van der Waals surface area contributed by atoms with Crippen LogP contribution in [-0.4, -0.2) is 45.2 Å². The minimum absolute atomic E-state index is 0.00129. The Labute approximate surface area is 196 Å². The number of aromatic nitrogens is 2. The number of nitrogens with one attached hydrogen (secondary N) is 1. The van der Waals surface area contributed by atoms with Gasteiger partial charge in [0.1, 0.15) is 4.88 Å². The zero-order chi connectivity index (χ0) is 23.1. The maximum atomic E-state index is 13.4. The molecule has 33 heavy (non-hydrogen) atoms. The first kappa shape index (κ1) is 21.4. The zero-order valence-electron chi connectivity index (χ0n) is 19.0. The Bertz CT molecular complexity index is 1370. The summed E-state index contributed by atoms with van der Waals surface area (Å²) >= 11 is 1.38. The molecule has 1 aliphatic heterocycles. The minimum Gasteiger partial charge on any atom is -0.349 e. The molecule has 1 saturated heterocycles. The number of imidazole rings is 1. The van der Waals surface area contributed by atoms with Crippen LogP contribution in [0.5, 0.6) is 0 Å². The molecule has 5 rings (SSSR count). The average Bonchev–Trinajstić information content (AvgIpc) is 3.38. The Hall–Kier alpha value is -3.45. The summed E-state index contributed by atoms with van der Waals surface area (Å²) < 4.78 is 1.92. The van der Waals surface area contributed by atoms with Gasteiger partial charge in [-0.2, -0.15) is 0 Å². The van der Waals surface area contributed by atoms with E-state index in [1.54, 1.807) is 6.20 Å². The van der Waals surface area contributed by atoms with Crippen molar-refractivity contribution < 1.29 is 9.59 Å². The molecule has 0 aliphatic carbocycles. The normalized spacial score (nSPS) is 15.5. The number of carbonyl (C=O) groups is 2. The van der Waals surface area contributed by atoms with Gasteiger partial charge in [0, 0.05) is 36.7 Å². The number of aryl methyl sites for hydroxylation is 3. The molecule has 6 nitrogen and oxygen atoms in total. The van der Waals surface area contributed by atoms with E-state index in [2.05, 4.69) is 42.3 Å². The summed E-state index contributed by atoms with van der Waals surface area (Å²) in [6.45, 7) is 7.24. The number of thiazole rings is 1. The van der Waals surface area contributed by atoms with Gasteiger partial charge in [-0.05, 0) is 55.5 Å². The van der Waals surface area contributed by atoms with Gasteiger partial charge in [0.05, 0.1) is 6.04 Å². The van der Waals surface area contributed by atoms with Gasteiger partial charge in [-0.15, -0.1) is 0 Å². The predicted molar refractivity (Wildman–Crippen MR) is 131 cm³/mol. The van der Waals surface area contributed by atoms with Crippen molar-refractivity contribution in [3.8, 4) is 11.1 Å². The van der Waals surface area contributed by atoms with Gasteiger partial charge in [-0.25, -0.2) is 4.98 Å². The summed E-state index contributed by atoms with van der Waals surface area (Å²) in [4.78, 5) is 33.8. The molecule has 0 bridgehead atoms. The van der Waals surface area contributed by atoms with Gasteiger partial charge >= 0.3 is 0 Å². The molecule has 0 saturated carbocycles. The van der Waals surface area contributed by atoms with Crippen molar-refractivity contribution in [2.24, 2.45) is 0 Å². The van der Waals surface area contributed by atoms with Crippen molar-refractivity contribution in [3.05, 3.63) is 82.1 Å². The van der Waals surface area contributed by atoms with E-state index in [9.17, 15) is 9.59 Å². The summed E-state index contributed by atoms with van der Waals surface area (Å²) in [5.41, 5.74) is 6.01. The SMILES string of the molecule is Cc1ccc(-c2ccccc2C(=O)N2CC[C@H]2CNC(=O)c2sc3nccn3c2C)cc1C. The number of hydrogen-bond acceptors (Lipinski definition) is 4. The first-order valence-electron chi connectivity index (χ1n) is 11.1. The van der Waals surface area contributed by atoms with Crippen LogP contribution < -0.4 is 5.32 Å². The molecule has 1 aliphatic rings. The van der Waals surface area contributed by atoms with Gasteiger partial charge in [0.25, 0.3) is 11.8 Å². The quantitative estimate of drug-likeness (QED) is 0.474.